The monoisotopic (exact) mass is 304 g/mol. The molecule has 0 saturated heterocycles. The van der Waals surface area contributed by atoms with E-state index in [1.165, 1.54) is 11.6 Å². The highest BCUT2D eigenvalue weighted by Gasteiger charge is 2.11. The van der Waals surface area contributed by atoms with Gasteiger partial charge in [0.05, 0.1) is 17.3 Å². The first-order valence-electron chi connectivity index (χ1n) is 7.33. The molecule has 114 valence electrons. The highest BCUT2D eigenvalue weighted by Crippen LogP contribution is 2.13. The number of Topliss-reactive ketones (excluding diaryl/α,β-unsaturated/α-hetero) is 1. The zero-order chi connectivity index (χ0) is 16.4. The van der Waals surface area contributed by atoms with Crippen molar-refractivity contribution >= 4 is 22.9 Å². The van der Waals surface area contributed by atoms with Gasteiger partial charge in [-0.25, -0.2) is 0 Å². The number of benzene rings is 2. The molecule has 0 amide bonds. The van der Waals surface area contributed by atoms with Crippen LogP contribution in [0, 0.1) is 6.92 Å². The van der Waals surface area contributed by atoms with Gasteiger partial charge in [0.25, 0.3) is 5.56 Å². The highest BCUT2D eigenvalue weighted by atomic mass is 16.2. The number of nitrogens with zero attached hydrogens (tertiary/aromatic N) is 2. The summed E-state index contributed by atoms with van der Waals surface area (Å²) in [6.07, 6.45) is 1.62. The molecule has 0 spiro atoms. The Balaban J connectivity index is 2.19. The van der Waals surface area contributed by atoms with Crippen molar-refractivity contribution in [1.82, 2.24) is 4.68 Å². The van der Waals surface area contributed by atoms with Crippen LogP contribution in [0.1, 0.15) is 28.4 Å². The van der Waals surface area contributed by atoms with Gasteiger partial charge in [-0.1, -0.05) is 48.0 Å². The fourth-order valence-electron chi connectivity index (χ4n) is 2.39. The third-order valence-corrected chi connectivity index (χ3v) is 3.67. The van der Waals surface area contributed by atoms with Crippen LogP contribution in [0.25, 0.3) is 10.9 Å². The fourth-order valence-corrected chi connectivity index (χ4v) is 2.39. The number of carbonyl (C=O) groups excluding carboxylic acids is 1. The summed E-state index contributed by atoms with van der Waals surface area (Å²) in [6.45, 7) is 3.40. The molecule has 1 heterocycles. The van der Waals surface area contributed by atoms with E-state index < -0.39 is 5.56 Å². The van der Waals surface area contributed by atoms with Crippen molar-refractivity contribution in [3.05, 3.63) is 81.6 Å². The third-order valence-electron chi connectivity index (χ3n) is 3.67. The van der Waals surface area contributed by atoms with E-state index in [4.69, 9.17) is 0 Å². The summed E-state index contributed by atoms with van der Waals surface area (Å²) in [7, 11) is 0. The smallest absolute Gasteiger partial charge is 0.282 e. The minimum absolute atomic E-state index is 0.143. The lowest BCUT2D eigenvalue weighted by Gasteiger charge is -2.07. The summed E-state index contributed by atoms with van der Waals surface area (Å²) in [6, 6.07) is 16.8. The Labute approximate surface area is 133 Å². The molecule has 3 aromatic rings. The normalized spacial score (nSPS) is 11.2. The number of para-hydroxylation sites is 1. The number of pyridine rings is 1. The summed E-state index contributed by atoms with van der Waals surface area (Å²) in [4.78, 5) is 24.2. The molecule has 0 fully saturated rings. The van der Waals surface area contributed by atoms with Crippen molar-refractivity contribution < 1.29 is 4.79 Å². The van der Waals surface area contributed by atoms with Crippen molar-refractivity contribution in [3.8, 4) is 0 Å². The number of rotatable bonds is 3. The molecule has 0 aliphatic heterocycles. The van der Waals surface area contributed by atoms with Crippen LogP contribution < -0.4 is 5.56 Å². The maximum Gasteiger partial charge on any atom is 0.282 e. The highest BCUT2D eigenvalue weighted by molar-refractivity contribution is 5.97. The standard InChI is InChI=1S/C19H16N2O2/c1-13-7-9-15(10-8-13)12-20-21-18-6-4-3-5-16(18)11-17(14(2)22)19(21)23/h3-12H,1-2H3/b20-12+. The third kappa shape index (κ3) is 2.97. The van der Waals surface area contributed by atoms with Gasteiger partial charge in [0.2, 0.25) is 0 Å². The fraction of sp³-hybridized carbons (Fsp3) is 0.105. The first-order valence-corrected chi connectivity index (χ1v) is 7.33. The topological polar surface area (TPSA) is 51.4 Å². The number of fused-ring (bicyclic) bond motifs is 1. The number of hydrogen-bond acceptors (Lipinski definition) is 3. The Morgan fingerprint density at radius 2 is 1.78 bits per heavy atom. The van der Waals surface area contributed by atoms with E-state index in [0.717, 1.165) is 16.5 Å². The summed E-state index contributed by atoms with van der Waals surface area (Å²) >= 11 is 0. The minimum atomic E-state index is -0.403. The van der Waals surface area contributed by atoms with Crippen molar-refractivity contribution in [1.29, 1.82) is 0 Å². The first kappa shape index (κ1) is 14.9. The first-order chi connectivity index (χ1) is 11.1. The van der Waals surface area contributed by atoms with E-state index in [2.05, 4.69) is 5.10 Å². The van der Waals surface area contributed by atoms with E-state index in [-0.39, 0.29) is 11.3 Å². The van der Waals surface area contributed by atoms with Crippen LogP contribution in [-0.2, 0) is 0 Å². The van der Waals surface area contributed by atoms with Crippen molar-refractivity contribution in [2.75, 3.05) is 0 Å². The van der Waals surface area contributed by atoms with Gasteiger partial charge < -0.3 is 0 Å². The van der Waals surface area contributed by atoms with Crippen LogP contribution in [0.4, 0.5) is 0 Å². The molecule has 0 radical (unpaired) electrons. The largest absolute Gasteiger partial charge is 0.294 e. The lowest BCUT2D eigenvalue weighted by atomic mass is 10.1. The zero-order valence-corrected chi connectivity index (χ0v) is 13.0. The lowest BCUT2D eigenvalue weighted by Crippen LogP contribution is -2.23. The summed E-state index contributed by atoms with van der Waals surface area (Å²) in [5.41, 5.74) is 2.46. The Hall–Kier alpha value is -3.01. The van der Waals surface area contributed by atoms with Gasteiger partial charge in [-0.2, -0.15) is 9.78 Å². The number of aryl methyl sites for hydroxylation is 1. The Bertz CT molecular complexity index is 967. The van der Waals surface area contributed by atoms with Gasteiger partial charge in [-0.3, -0.25) is 9.59 Å². The van der Waals surface area contributed by atoms with Gasteiger partial charge >= 0.3 is 0 Å². The van der Waals surface area contributed by atoms with E-state index in [0.29, 0.717) is 5.52 Å². The predicted molar refractivity (Wildman–Crippen MR) is 92.4 cm³/mol. The molecule has 0 saturated carbocycles. The molecule has 0 N–H and O–H groups in total. The van der Waals surface area contributed by atoms with Crippen molar-refractivity contribution in [2.45, 2.75) is 13.8 Å². The number of aromatic nitrogens is 1. The summed E-state index contributed by atoms with van der Waals surface area (Å²) < 4.78 is 1.28. The number of ketones is 1. The number of hydrogen-bond donors (Lipinski definition) is 0. The van der Waals surface area contributed by atoms with E-state index in [1.807, 2.05) is 55.5 Å². The van der Waals surface area contributed by atoms with Crippen LogP contribution >= 0.6 is 0 Å². The molecule has 0 aliphatic rings. The van der Waals surface area contributed by atoms with Crippen molar-refractivity contribution in [2.24, 2.45) is 5.10 Å². The van der Waals surface area contributed by atoms with E-state index in [1.54, 1.807) is 12.3 Å². The Morgan fingerprint density at radius 3 is 2.48 bits per heavy atom. The molecule has 1 aromatic heterocycles. The van der Waals surface area contributed by atoms with Crippen LogP contribution in [-0.4, -0.2) is 16.7 Å². The molecule has 23 heavy (non-hydrogen) atoms. The average molecular weight is 304 g/mol. The second-order valence-corrected chi connectivity index (χ2v) is 5.45. The SMILES string of the molecule is CC(=O)c1cc2ccccc2n(/N=C/c2ccc(C)cc2)c1=O. The summed E-state index contributed by atoms with van der Waals surface area (Å²) in [5, 5.41) is 5.11. The van der Waals surface area contributed by atoms with Crippen molar-refractivity contribution in [3.63, 3.8) is 0 Å². The van der Waals surface area contributed by atoms with E-state index >= 15 is 0 Å². The quantitative estimate of drug-likeness (QED) is 0.550. The average Bonchev–Trinajstić information content (AvgIpc) is 2.55. The molecule has 0 aliphatic carbocycles. The predicted octanol–water partition coefficient (Wildman–Crippen LogP) is 3.39. The van der Waals surface area contributed by atoms with Gasteiger partial charge in [0.1, 0.15) is 0 Å². The minimum Gasteiger partial charge on any atom is -0.294 e. The molecule has 0 bridgehead atoms. The molecule has 2 aromatic carbocycles. The van der Waals surface area contributed by atoms with Crippen LogP contribution in [0.3, 0.4) is 0 Å². The zero-order valence-electron chi connectivity index (χ0n) is 13.0. The Morgan fingerprint density at radius 1 is 1.09 bits per heavy atom. The van der Waals surface area contributed by atoms with Gasteiger partial charge in [-0.05, 0) is 31.5 Å². The van der Waals surface area contributed by atoms with Gasteiger partial charge in [0, 0.05) is 5.39 Å². The van der Waals surface area contributed by atoms with Gasteiger partial charge in [-0.15, -0.1) is 0 Å². The van der Waals surface area contributed by atoms with E-state index in [9.17, 15) is 9.59 Å². The maximum absolute atomic E-state index is 12.5. The lowest BCUT2D eigenvalue weighted by molar-refractivity contribution is 0.101. The molecule has 4 heteroatoms. The van der Waals surface area contributed by atoms with Crippen LogP contribution in [0.2, 0.25) is 0 Å². The molecular formula is C19H16N2O2. The number of carbonyl (C=O) groups is 1. The molecule has 0 atom stereocenters. The molecular weight excluding hydrogens is 288 g/mol. The van der Waals surface area contributed by atoms with Crippen LogP contribution in [0.5, 0.6) is 0 Å². The second-order valence-electron chi connectivity index (χ2n) is 5.45. The van der Waals surface area contributed by atoms with Crippen LogP contribution in [0.15, 0.2) is 64.5 Å². The second kappa shape index (κ2) is 6.01. The molecule has 3 rings (SSSR count). The summed E-state index contributed by atoms with van der Waals surface area (Å²) in [5.74, 6) is -0.264. The molecule has 0 unspecified atom stereocenters. The van der Waals surface area contributed by atoms with Gasteiger partial charge in [0.15, 0.2) is 5.78 Å². The maximum atomic E-state index is 12.5. The Kier molecular flexibility index (Phi) is 3.89. The molecule has 4 nitrogen and oxygen atoms in total.